The zero-order valence-electron chi connectivity index (χ0n) is 10.6. The smallest absolute Gasteiger partial charge is 0.335 e. The van der Waals surface area contributed by atoms with Crippen LogP contribution in [-0.2, 0) is 0 Å². The van der Waals surface area contributed by atoms with Crippen molar-refractivity contribution in [3.05, 3.63) is 23.8 Å². The van der Waals surface area contributed by atoms with Gasteiger partial charge in [0.2, 0.25) is 0 Å². The summed E-state index contributed by atoms with van der Waals surface area (Å²) in [6.45, 7) is 4.23. The maximum Gasteiger partial charge on any atom is 0.335 e. The molecule has 17 heavy (non-hydrogen) atoms. The Balaban J connectivity index is 3.11. The molecule has 0 bridgehead atoms. The minimum atomic E-state index is -0.927. The molecule has 0 aromatic heterocycles. The number of nitrogens with two attached hydrogens (primary N) is 1. The zero-order chi connectivity index (χ0) is 13.0. The lowest BCUT2D eigenvalue weighted by molar-refractivity contribution is 0.0697. The van der Waals surface area contributed by atoms with E-state index in [1.165, 1.54) is 6.07 Å². The molecule has 1 aromatic carbocycles. The predicted octanol–water partition coefficient (Wildman–Crippen LogP) is 2.59. The van der Waals surface area contributed by atoms with Gasteiger partial charge in [-0.05, 0) is 31.0 Å². The predicted molar refractivity (Wildman–Crippen MR) is 70.6 cm³/mol. The summed E-state index contributed by atoms with van der Waals surface area (Å²) in [5.41, 5.74) is 7.58. The van der Waals surface area contributed by atoms with Crippen LogP contribution in [-0.4, -0.2) is 24.2 Å². The number of hydrogen-bond acceptors (Lipinski definition) is 3. The highest BCUT2D eigenvalue weighted by Gasteiger charge is 2.15. The second-order valence-electron chi connectivity index (χ2n) is 4.16. The quantitative estimate of drug-likeness (QED) is 0.771. The largest absolute Gasteiger partial charge is 0.478 e. The fourth-order valence-corrected chi connectivity index (χ4v) is 2.02. The molecule has 0 saturated carbocycles. The minimum absolute atomic E-state index is 0.270. The molecule has 3 N–H and O–H groups in total. The maximum atomic E-state index is 10.9. The highest BCUT2D eigenvalue weighted by atomic mass is 16.4. The van der Waals surface area contributed by atoms with Gasteiger partial charge >= 0.3 is 5.97 Å². The monoisotopic (exact) mass is 236 g/mol. The van der Waals surface area contributed by atoms with Gasteiger partial charge in [0.25, 0.3) is 0 Å². The summed E-state index contributed by atoms with van der Waals surface area (Å²) in [6, 6.07) is 5.19. The zero-order valence-corrected chi connectivity index (χ0v) is 10.6. The van der Waals surface area contributed by atoms with Gasteiger partial charge in [-0.15, -0.1) is 0 Å². The summed E-state index contributed by atoms with van der Waals surface area (Å²) in [6.07, 6.45) is 2.01. The Morgan fingerprint density at radius 3 is 2.47 bits per heavy atom. The van der Waals surface area contributed by atoms with Gasteiger partial charge < -0.3 is 15.7 Å². The van der Waals surface area contributed by atoms with E-state index >= 15 is 0 Å². The Morgan fingerprint density at radius 2 is 2.00 bits per heavy atom. The van der Waals surface area contributed by atoms with Crippen molar-refractivity contribution in [2.45, 2.75) is 32.7 Å². The average molecular weight is 236 g/mol. The lowest BCUT2D eigenvalue weighted by atomic mass is 10.1. The van der Waals surface area contributed by atoms with Crippen molar-refractivity contribution >= 4 is 17.3 Å². The van der Waals surface area contributed by atoms with E-state index < -0.39 is 5.97 Å². The molecule has 0 aliphatic carbocycles. The van der Waals surface area contributed by atoms with Gasteiger partial charge in [0.1, 0.15) is 0 Å². The van der Waals surface area contributed by atoms with Crippen molar-refractivity contribution in [2.75, 3.05) is 17.7 Å². The van der Waals surface area contributed by atoms with E-state index in [0.717, 1.165) is 18.5 Å². The molecule has 1 aromatic rings. The van der Waals surface area contributed by atoms with Crippen LogP contribution in [0, 0.1) is 0 Å². The second-order valence-corrected chi connectivity index (χ2v) is 4.16. The standard InChI is InChI=1S/C13H20N2O2/c1-4-10(5-2)15(3)12-8-9(13(16)17)6-7-11(12)14/h6-8,10H,4-5,14H2,1-3H3,(H,16,17). The lowest BCUT2D eigenvalue weighted by Crippen LogP contribution is -2.31. The van der Waals surface area contributed by atoms with Gasteiger partial charge in [-0.25, -0.2) is 4.79 Å². The summed E-state index contributed by atoms with van der Waals surface area (Å²) in [4.78, 5) is 13.0. The van der Waals surface area contributed by atoms with Crippen LogP contribution in [0.25, 0.3) is 0 Å². The number of anilines is 2. The molecule has 94 valence electrons. The van der Waals surface area contributed by atoms with Gasteiger partial charge in [-0.1, -0.05) is 13.8 Å². The van der Waals surface area contributed by atoms with Gasteiger partial charge in [0.15, 0.2) is 0 Å². The molecular formula is C13H20N2O2. The normalized spacial score (nSPS) is 10.6. The number of benzene rings is 1. The summed E-state index contributed by atoms with van der Waals surface area (Å²) in [5, 5.41) is 8.98. The molecule has 0 aliphatic heterocycles. The van der Waals surface area contributed by atoms with E-state index in [1.807, 2.05) is 7.05 Å². The molecule has 4 heteroatoms. The first kappa shape index (κ1) is 13.4. The molecule has 1 rings (SSSR count). The Bertz CT molecular complexity index is 400. The Labute approximate surface area is 102 Å². The number of carboxylic acid groups (broad SMARTS) is 1. The van der Waals surface area contributed by atoms with Crippen LogP contribution in [0.5, 0.6) is 0 Å². The van der Waals surface area contributed by atoms with Crippen LogP contribution in [0.4, 0.5) is 11.4 Å². The van der Waals surface area contributed by atoms with Crippen molar-refractivity contribution < 1.29 is 9.90 Å². The third kappa shape index (κ3) is 2.90. The van der Waals surface area contributed by atoms with Crippen LogP contribution in [0.15, 0.2) is 18.2 Å². The third-order valence-corrected chi connectivity index (χ3v) is 3.15. The van der Waals surface area contributed by atoms with Gasteiger partial charge in [0.05, 0.1) is 16.9 Å². The number of nitrogen functional groups attached to an aromatic ring is 1. The molecule has 0 amide bonds. The van der Waals surface area contributed by atoms with Crippen LogP contribution in [0.1, 0.15) is 37.0 Å². The molecule has 0 aliphatic rings. The number of nitrogens with zero attached hydrogens (tertiary/aromatic N) is 1. The number of hydrogen-bond donors (Lipinski definition) is 2. The Kier molecular flexibility index (Phi) is 4.37. The second kappa shape index (κ2) is 5.57. The molecule has 0 saturated heterocycles. The molecular weight excluding hydrogens is 216 g/mol. The number of rotatable bonds is 5. The van der Waals surface area contributed by atoms with Crippen LogP contribution >= 0.6 is 0 Å². The first-order valence-electron chi connectivity index (χ1n) is 5.86. The Hall–Kier alpha value is -1.71. The average Bonchev–Trinajstić information content (AvgIpc) is 2.30. The molecule has 0 heterocycles. The molecule has 0 atom stereocenters. The topological polar surface area (TPSA) is 66.6 Å². The fourth-order valence-electron chi connectivity index (χ4n) is 2.02. The van der Waals surface area contributed by atoms with E-state index in [4.69, 9.17) is 10.8 Å². The highest BCUT2D eigenvalue weighted by molar-refractivity contribution is 5.90. The molecule has 0 unspecified atom stereocenters. The van der Waals surface area contributed by atoms with Crippen molar-refractivity contribution in [3.8, 4) is 0 Å². The summed E-state index contributed by atoms with van der Waals surface area (Å²) in [7, 11) is 1.95. The number of aromatic carboxylic acids is 1. The fraction of sp³-hybridized carbons (Fsp3) is 0.462. The number of carbonyl (C=O) groups is 1. The van der Waals surface area contributed by atoms with Crippen LogP contribution in [0.3, 0.4) is 0 Å². The highest BCUT2D eigenvalue weighted by Crippen LogP contribution is 2.26. The first-order valence-corrected chi connectivity index (χ1v) is 5.86. The van der Waals surface area contributed by atoms with Crippen molar-refractivity contribution in [1.29, 1.82) is 0 Å². The van der Waals surface area contributed by atoms with E-state index in [1.54, 1.807) is 12.1 Å². The van der Waals surface area contributed by atoms with Crippen molar-refractivity contribution in [1.82, 2.24) is 0 Å². The Morgan fingerprint density at radius 1 is 1.41 bits per heavy atom. The molecule has 0 radical (unpaired) electrons. The first-order chi connectivity index (χ1) is 8.01. The van der Waals surface area contributed by atoms with Crippen LogP contribution in [0.2, 0.25) is 0 Å². The molecule has 0 fully saturated rings. The van der Waals surface area contributed by atoms with E-state index in [9.17, 15) is 4.79 Å². The molecule has 0 spiro atoms. The maximum absolute atomic E-state index is 10.9. The number of carboxylic acids is 1. The van der Waals surface area contributed by atoms with Gasteiger partial charge in [0, 0.05) is 13.1 Å². The van der Waals surface area contributed by atoms with Gasteiger partial charge in [-0.2, -0.15) is 0 Å². The van der Waals surface area contributed by atoms with E-state index in [-0.39, 0.29) is 5.56 Å². The summed E-state index contributed by atoms with van der Waals surface area (Å²) in [5.74, 6) is -0.927. The third-order valence-electron chi connectivity index (χ3n) is 3.15. The van der Waals surface area contributed by atoms with Gasteiger partial charge in [-0.3, -0.25) is 0 Å². The van der Waals surface area contributed by atoms with Crippen molar-refractivity contribution in [3.63, 3.8) is 0 Å². The van der Waals surface area contributed by atoms with Crippen LogP contribution < -0.4 is 10.6 Å². The summed E-state index contributed by atoms with van der Waals surface area (Å²) >= 11 is 0. The van der Waals surface area contributed by atoms with E-state index in [0.29, 0.717) is 11.7 Å². The SMILES string of the molecule is CCC(CC)N(C)c1cc(C(=O)O)ccc1N. The minimum Gasteiger partial charge on any atom is -0.478 e. The lowest BCUT2D eigenvalue weighted by Gasteiger charge is -2.29. The van der Waals surface area contributed by atoms with E-state index in [2.05, 4.69) is 18.7 Å². The molecule has 4 nitrogen and oxygen atoms in total. The summed E-state index contributed by atoms with van der Waals surface area (Å²) < 4.78 is 0. The van der Waals surface area contributed by atoms with Crippen molar-refractivity contribution in [2.24, 2.45) is 0 Å².